The molecule has 1 aliphatic rings. The van der Waals surface area contributed by atoms with Gasteiger partial charge in [-0.1, -0.05) is 43.7 Å². The van der Waals surface area contributed by atoms with Gasteiger partial charge in [0.1, 0.15) is 5.75 Å². The van der Waals surface area contributed by atoms with Crippen LogP contribution in [0.3, 0.4) is 0 Å². The van der Waals surface area contributed by atoms with Crippen molar-refractivity contribution in [2.24, 2.45) is 0 Å². The Hall–Kier alpha value is -2.82. The van der Waals surface area contributed by atoms with Gasteiger partial charge in [0.25, 0.3) is 5.91 Å². The maximum Gasteiger partial charge on any atom is 0.254 e. The zero-order valence-electron chi connectivity index (χ0n) is 16.1. The molecule has 2 aromatic rings. The number of fused-ring (bicyclic) bond motifs is 1. The Morgan fingerprint density at radius 3 is 2.52 bits per heavy atom. The fraction of sp³-hybridized carbons (Fsp3) is 0.364. The fourth-order valence-electron chi connectivity index (χ4n) is 3.67. The van der Waals surface area contributed by atoms with Crippen LogP contribution in [0.2, 0.25) is 0 Å². The average molecular weight is 366 g/mol. The number of unbranched alkanes of at least 4 members (excludes halogenated alkanes) is 1. The Bertz CT molecular complexity index is 817. The monoisotopic (exact) mass is 366 g/mol. The summed E-state index contributed by atoms with van der Waals surface area (Å²) in [7, 11) is 3.38. The van der Waals surface area contributed by atoms with Crippen molar-refractivity contribution in [2.45, 2.75) is 31.7 Å². The van der Waals surface area contributed by atoms with Gasteiger partial charge in [-0.2, -0.15) is 0 Å². The minimum absolute atomic E-state index is 0.0453. The lowest BCUT2D eigenvalue weighted by molar-refractivity contribution is -0.124. The summed E-state index contributed by atoms with van der Waals surface area (Å²) >= 11 is 0. The zero-order chi connectivity index (χ0) is 19.4. The van der Waals surface area contributed by atoms with Crippen LogP contribution in [0.25, 0.3) is 0 Å². The van der Waals surface area contributed by atoms with Crippen LogP contribution in [0.1, 0.15) is 53.2 Å². The van der Waals surface area contributed by atoms with Crippen LogP contribution in [0.5, 0.6) is 5.75 Å². The van der Waals surface area contributed by atoms with E-state index in [0.717, 1.165) is 29.7 Å². The first-order valence-electron chi connectivity index (χ1n) is 9.36. The largest absolute Gasteiger partial charge is 0.497 e. The van der Waals surface area contributed by atoms with Gasteiger partial charge >= 0.3 is 0 Å². The summed E-state index contributed by atoms with van der Waals surface area (Å²) in [5.74, 6) is 0.183. The molecule has 2 aromatic carbocycles. The fourth-order valence-corrected chi connectivity index (χ4v) is 3.67. The Labute approximate surface area is 160 Å². The third-order valence-corrected chi connectivity index (χ3v) is 5.15. The van der Waals surface area contributed by atoms with E-state index in [0.29, 0.717) is 12.1 Å². The molecule has 5 nitrogen and oxygen atoms in total. The lowest BCUT2D eigenvalue weighted by atomic mass is 9.79. The van der Waals surface area contributed by atoms with Crippen LogP contribution in [-0.4, -0.2) is 37.4 Å². The Balaban J connectivity index is 2.04. The van der Waals surface area contributed by atoms with Crippen molar-refractivity contribution < 1.29 is 14.3 Å². The Morgan fingerprint density at radius 2 is 1.85 bits per heavy atom. The molecular formula is C22H26N2O3. The van der Waals surface area contributed by atoms with Gasteiger partial charge in [-0.25, -0.2) is 0 Å². The average Bonchev–Trinajstić information content (AvgIpc) is 2.70. The Kier molecular flexibility index (Phi) is 5.79. The van der Waals surface area contributed by atoms with E-state index in [1.807, 2.05) is 42.5 Å². The molecule has 142 valence electrons. The number of amides is 2. The first kappa shape index (κ1) is 19.0. The highest BCUT2D eigenvalue weighted by atomic mass is 16.5. The number of hydrogen-bond donors (Lipinski definition) is 1. The highest BCUT2D eigenvalue weighted by Gasteiger charge is 2.42. The van der Waals surface area contributed by atoms with Crippen LogP contribution in [0, 0.1) is 0 Å². The van der Waals surface area contributed by atoms with Crippen molar-refractivity contribution in [2.75, 3.05) is 20.7 Å². The number of methoxy groups -OCH3 is 1. The minimum Gasteiger partial charge on any atom is -0.497 e. The molecule has 0 spiro atoms. The molecule has 0 bridgehead atoms. The molecule has 2 unspecified atom stereocenters. The predicted octanol–water partition coefficient (Wildman–Crippen LogP) is 3.52. The third-order valence-electron chi connectivity index (χ3n) is 5.15. The van der Waals surface area contributed by atoms with Crippen molar-refractivity contribution in [1.29, 1.82) is 0 Å². The molecule has 1 aliphatic heterocycles. The molecule has 2 amide bonds. The summed E-state index contributed by atoms with van der Waals surface area (Å²) in [5.41, 5.74) is 2.30. The van der Waals surface area contributed by atoms with Gasteiger partial charge in [0.2, 0.25) is 5.91 Å². The third kappa shape index (κ3) is 3.68. The molecule has 1 N–H and O–H groups in total. The van der Waals surface area contributed by atoms with Crippen molar-refractivity contribution in [3.05, 3.63) is 65.2 Å². The first-order chi connectivity index (χ1) is 13.1. The second-order valence-electron chi connectivity index (χ2n) is 6.84. The van der Waals surface area contributed by atoms with Crippen LogP contribution in [0.15, 0.2) is 48.5 Å². The Morgan fingerprint density at radius 1 is 1.15 bits per heavy atom. The maximum atomic E-state index is 13.1. The van der Waals surface area contributed by atoms with Crippen LogP contribution < -0.4 is 10.1 Å². The quantitative estimate of drug-likeness (QED) is 0.796. The van der Waals surface area contributed by atoms with E-state index in [1.165, 1.54) is 0 Å². The molecule has 0 saturated carbocycles. The summed E-state index contributed by atoms with van der Waals surface area (Å²) in [6.07, 6.45) is 1.95. The van der Waals surface area contributed by atoms with Crippen molar-refractivity contribution in [3.63, 3.8) is 0 Å². The summed E-state index contributed by atoms with van der Waals surface area (Å²) < 4.78 is 5.24. The van der Waals surface area contributed by atoms with E-state index in [9.17, 15) is 9.59 Å². The number of nitrogens with one attached hydrogen (secondary N) is 1. The predicted molar refractivity (Wildman–Crippen MR) is 105 cm³/mol. The van der Waals surface area contributed by atoms with Gasteiger partial charge in [0, 0.05) is 19.2 Å². The van der Waals surface area contributed by atoms with Gasteiger partial charge in [-0.05, 0) is 35.7 Å². The van der Waals surface area contributed by atoms with Crippen molar-refractivity contribution in [3.8, 4) is 5.75 Å². The van der Waals surface area contributed by atoms with Crippen molar-refractivity contribution >= 4 is 11.8 Å². The topological polar surface area (TPSA) is 58.6 Å². The number of carbonyl (C=O) groups excluding carboxylic acids is 2. The number of likely N-dealkylation sites (N-methyl/N-ethyl adjacent to an activating group) is 1. The summed E-state index contributed by atoms with van der Waals surface area (Å²) in [6, 6.07) is 14.6. The highest BCUT2D eigenvalue weighted by molar-refractivity contribution is 6.01. The molecule has 0 aliphatic carbocycles. The van der Waals surface area contributed by atoms with E-state index in [4.69, 9.17) is 4.74 Å². The van der Waals surface area contributed by atoms with E-state index < -0.39 is 5.92 Å². The highest BCUT2D eigenvalue weighted by Crippen LogP contribution is 2.42. The summed E-state index contributed by atoms with van der Waals surface area (Å²) in [6.45, 7) is 2.73. The van der Waals surface area contributed by atoms with Gasteiger partial charge < -0.3 is 15.0 Å². The molecule has 27 heavy (non-hydrogen) atoms. The molecule has 0 fully saturated rings. The SMILES string of the molecule is CCCCNC(=O)C1c2ccccc2C(=O)N(C)C1c1ccc(OC)cc1. The lowest BCUT2D eigenvalue weighted by Crippen LogP contribution is -2.45. The molecule has 1 heterocycles. The standard InChI is InChI=1S/C22H26N2O3/c1-4-5-14-23-21(25)19-17-8-6-7-9-18(17)22(26)24(2)20(19)15-10-12-16(27-3)13-11-15/h6-13,19-20H,4-5,14H2,1-3H3,(H,23,25). The van der Waals surface area contributed by atoms with E-state index >= 15 is 0 Å². The van der Waals surface area contributed by atoms with Crippen LogP contribution >= 0.6 is 0 Å². The number of hydrogen-bond acceptors (Lipinski definition) is 3. The number of ether oxygens (including phenoxy) is 1. The lowest BCUT2D eigenvalue weighted by Gasteiger charge is -2.39. The zero-order valence-corrected chi connectivity index (χ0v) is 16.1. The molecule has 0 saturated heterocycles. The van der Waals surface area contributed by atoms with Gasteiger partial charge in [-0.15, -0.1) is 0 Å². The van der Waals surface area contributed by atoms with Crippen LogP contribution in [-0.2, 0) is 4.79 Å². The normalized spacial score (nSPS) is 18.8. The van der Waals surface area contributed by atoms with Gasteiger partial charge in [-0.3, -0.25) is 9.59 Å². The molecule has 5 heteroatoms. The molecule has 0 aromatic heterocycles. The smallest absolute Gasteiger partial charge is 0.254 e. The van der Waals surface area contributed by atoms with E-state index in [1.54, 1.807) is 25.1 Å². The number of benzene rings is 2. The summed E-state index contributed by atoms with van der Waals surface area (Å²) in [5, 5.41) is 3.05. The van der Waals surface area contributed by atoms with Gasteiger partial charge in [0.15, 0.2) is 0 Å². The number of nitrogens with zero attached hydrogens (tertiary/aromatic N) is 1. The first-order valence-corrected chi connectivity index (χ1v) is 9.36. The second-order valence-corrected chi connectivity index (χ2v) is 6.84. The maximum absolute atomic E-state index is 13.1. The number of rotatable bonds is 6. The van der Waals surface area contributed by atoms with E-state index in [-0.39, 0.29) is 17.9 Å². The van der Waals surface area contributed by atoms with E-state index in [2.05, 4.69) is 12.2 Å². The van der Waals surface area contributed by atoms with Crippen LogP contribution in [0.4, 0.5) is 0 Å². The van der Waals surface area contributed by atoms with Gasteiger partial charge in [0.05, 0.1) is 19.1 Å². The van der Waals surface area contributed by atoms with Crippen molar-refractivity contribution in [1.82, 2.24) is 10.2 Å². The second kappa shape index (κ2) is 8.25. The molecule has 3 rings (SSSR count). The number of carbonyl (C=O) groups is 2. The summed E-state index contributed by atoms with van der Waals surface area (Å²) in [4.78, 5) is 27.7. The molecule has 2 atom stereocenters. The molecule has 0 radical (unpaired) electrons. The molecular weight excluding hydrogens is 340 g/mol. The minimum atomic E-state index is -0.450.